The summed E-state index contributed by atoms with van der Waals surface area (Å²) in [5.41, 5.74) is 1.47. The van der Waals surface area contributed by atoms with E-state index in [9.17, 15) is 22.8 Å². The van der Waals surface area contributed by atoms with E-state index in [4.69, 9.17) is 9.47 Å². The monoisotopic (exact) mass is 538 g/mol. The molecule has 37 heavy (non-hydrogen) atoms. The highest BCUT2D eigenvalue weighted by atomic mass is 32.1. The molecule has 1 aromatic heterocycles. The number of thiazole rings is 1. The summed E-state index contributed by atoms with van der Waals surface area (Å²) in [4.78, 5) is 29.2. The van der Waals surface area contributed by atoms with Crippen LogP contribution in [0.1, 0.15) is 16.8 Å². The predicted octanol–water partition coefficient (Wildman–Crippen LogP) is 4.19. The largest absolute Gasteiger partial charge is 0.573 e. The van der Waals surface area contributed by atoms with Gasteiger partial charge in [-0.1, -0.05) is 0 Å². The molecule has 0 atom stereocenters. The summed E-state index contributed by atoms with van der Waals surface area (Å²) in [6.45, 7) is 0.718. The number of ether oxygens (including phenoxy) is 3. The Morgan fingerprint density at radius 2 is 1.76 bits per heavy atom. The minimum absolute atomic E-state index is 0.236. The van der Waals surface area contributed by atoms with E-state index in [1.807, 2.05) is 0 Å². The van der Waals surface area contributed by atoms with Crippen LogP contribution in [0.4, 0.5) is 18.0 Å². The van der Waals surface area contributed by atoms with Gasteiger partial charge in [0.1, 0.15) is 17.2 Å². The number of methoxy groups -OCH3 is 2. The zero-order valence-electron chi connectivity index (χ0n) is 20.2. The molecular formula is C24H25F3N4O5S. The first-order valence-corrected chi connectivity index (χ1v) is 11.8. The Bertz CT molecular complexity index is 1300. The minimum Gasteiger partial charge on any atom is -0.497 e. The van der Waals surface area contributed by atoms with Gasteiger partial charge in [0, 0.05) is 31.6 Å². The average Bonchev–Trinajstić information content (AvgIpc) is 3.27. The van der Waals surface area contributed by atoms with Crippen LogP contribution in [0.3, 0.4) is 0 Å². The van der Waals surface area contributed by atoms with Crippen molar-refractivity contribution in [2.45, 2.75) is 19.3 Å². The molecule has 2 aromatic carbocycles. The third-order valence-corrected chi connectivity index (χ3v) is 5.95. The van der Waals surface area contributed by atoms with Crippen LogP contribution in [0, 0.1) is 0 Å². The maximum atomic E-state index is 13.0. The highest BCUT2D eigenvalue weighted by Gasteiger charge is 2.31. The predicted molar refractivity (Wildman–Crippen MR) is 131 cm³/mol. The smallest absolute Gasteiger partial charge is 0.497 e. The molecule has 0 aliphatic heterocycles. The average molecular weight is 539 g/mol. The highest BCUT2D eigenvalue weighted by Crippen LogP contribution is 2.28. The summed E-state index contributed by atoms with van der Waals surface area (Å²) in [5, 5.41) is 6.90. The summed E-state index contributed by atoms with van der Waals surface area (Å²) >= 11 is 1.20. The lowest BCUT2D eigenvalue weighted by Crippen LogP contribution is -2.34. The second kappa shape index (κ2) is 12.3. The summed E-state index contributed by atoms with van der Waals surface area (Å²) in [6, 6.07) is 9.81. The lowest BCUT2D eigenvalue weighted by molar-refractivity contribution is -0.274. The van der Waals surface area contributed by atoms with Crippen molar-refractivity contribution in [2.75, 3.05) is 27.8 Å². The molecule has 0 fully saturated rings. The molecule has 9 nitrogen and oxygen atoms in total. The van der Waals surface area contributed by atoms with Crippen molar-refractivity contribution in [3.05, 3.63) is 58.2 Å². The second-order valence-electron chi connectivity index (χ2n) is 7.47. The Balaban J connectivity index is 1.96. The SMILES string of the molecule is CNC(=O)NCCCn1c(-c2ccc(OC(F)(F)F)cc2)cs/c1=N\C(=O)c1ccc(OC)cc1OC. The number of benzene rings is 2. The number of carbonyl (C=O) groups excluding carboxylic acids is 2. The number of aromatic nitrogens is 1. The molecule has 0 aliphatic carbocycles. The molecule has 13 heteroatoms. The van der Waals surface area contributed by atoms with E-state index in [2.05, 4.69) is 20.4 Å². The number of halogens is 3. The Hall–Kier alpha value is -4.00. The van der Waals surface area contributed by atoms with Crippen molar-refractivity contribution >= 4 is 23.3 Å². The maximum Gasteiger partial charge on any atom is 0.573 e. The van der Waals surface area contributed by atoms with E-state index in [0.29, 0.717) is 47.1 Å². The number of alkyl halides is 3. The van der Waals surface area contributed by atoms with E-state index in [1.54, 1.807) is 28.1 Å². The van der Waals surface area contributed by atoms with E-state index in [1.165, 1.54) is 56.9 Å². The molecule has 0 saturated heterocycles. The van der Waals surface area contributed by atoms with Crippen molar-refractivity contribution in [3.8, 4) is 28.5 Å². The quantitative estimate of drug-likeness (QED) is 0.398. The number of nitrogens with zero attached hydrogens (tertiary/aromatic N) is 2. The van der Waals surface area contributed by atoms with Crippen LogP contribution >= 0.6 is 11.3 Å². The molecule has 0 spiro atoms. The first-order chi connectivity index (χ1) is 17.6. The topological polar surface area (TPSA) is 103 Å². The minimum atomic E-state index is -4.80. The number of amides is 3. The maximum absolute atomic E-state index is 13.0. The fourth-order valence-electron chi connectivity index (χ4n) is 3.34. The molecule has 3 amide bonds. The zero-order valence-corrected chi connectivity index (χ0v) is 21.0. The molecule has 1 heterocycles. The lowest BCUT2D eigenvalue weighted by Gasteiger charge is -2.12. The summed E-state index contributed by atoms with van der Waals surface area (Å²) in [7, 11) is 4.43. The Morgan fingerprint density at radius 3 is 2.38 bits per heavy atom. The fraction of sp³-hybridized carbons (Fsp3) is 0.292. The normalized spacial score (nSPS) is 11.7. The van der Waals surface area contributed by atoms with Crippen LogP contribution in [0.15, 0.2) is 52.8 Å². The molecule has 0 unspecified atom stereocenters. The van der Waals surface area contributed by atoms with Gasteiger partial charge in [-0.2, -0.15) is 4.99 Å². The lowest BCUT2D eigenvalue weighted by atomic mass is 10.1. The number of carbonyl (C=O) groups is 2. The van der Waals surface area contributed by atoms with Crippen molar-refractivity contribution in [1.82, 2.24) is 15.2 Å². The van der Waals surface area contributed by atoms with E-state index < -0.39 is 12.3 Å². The molecule has 0 bridgehead atoms. The van der Waals surface area contributed by atoms with E-state index in [-0.39, 0.29) is 17.3 Å². The third kappa shape index (κ3) is 7.49. The summed E-state index contributed by atoms with van der Waals surface area (Å²) in [5.74, 6) is -0.0755. The van der Waals surface area contributed by atoms with Crippen molar-refractivity contribution in [1.29, 1.82) is 0 Å². The summed E-state index contributed by atoms with van der Waals surface area (Å²) < 4.78 is 53.8. The number of hydrogen-bond donors (Lipinski definition) is 2. The van der Waals surface area contributed by atoms with Crippen LogP contribution in [-0.2, 0) is 6.54 Å². The molecule has 3 rings (SSSR count). The molecule has 2 N–H and O–H groups in total. The third-order valence-electron chi connectivity index (χ3n) is 5.09. The fourth-order valence-corrected chi connectivity index (χ4v) is 4.28. The zero-order chi connectivity index (χ0) is 27.0. The number of nitrogens with one attached hydrogen (secondary N) is 2. The van der Waals surface area contributed by atoms with Gasteiger partial charge >= 0.3 is 12.4 Å². The standard InChI is InChI=1S/C24H25F3N4O5S/c1-28-22(33)29-11-4-12-31-19(15-5-7-16(8-6-15)36-24(25,26)27)14-37-23(31)30-21(32)18-10-9-17(34-2)13-20(18)35-3/h5-10,13-14H,4,11-12H2,1-3H3,(H2,28,29,33)/b30-23-. The van der Waals surface area contributed by atoms with Gasteiger partial charge in [-0.05, 0) is 48.4 Å². The van der Waals surface area contributed by atoms with Gasteiger partial charge in [0.05, 0.1) is 25.5 Å². The molecule has 0 saturated carbocycles. The van der Waals surface area contributed by atoms with Gasteiger partial charge in [0.2, 0.25) is 0 Å². The molecular weight excluding hydrogens is 513 g/mol. The molecule has 198 valence electrons. The Labute approximate surface area is 214 Å². The van der Waals surface area contributed by atoms with Crippen LogP contribution in [0.2, 0.25) is 0 Å². The van der Waals surface area contributed by atoms with Gasteiger partial charge in [-0.15, -0.1) is 24.5 Å². The van der Waals surface area contributed by atoms with Gasteiger partial charge in [-0.25, -0.2) is 4.79 Å². The first kappa shape index (κ1) is 27.6. The van der Waals surface area contributed by atoms with Crippen molar-refractivity contribution in [3.63, 3.8) is 0 Å². The van der Waals surface area contributed by atoms with Crippen molar-refractivity contribution in [2.24, 2.45) is 4.99 Å². The number of rotatable bonds is 9. The van der Waals surface area contributed by atoms with Crippen LogP contribution < -0.4 is 29.6 Å². The molecule has 3 aromatic rings. The first-order valence-electron chi connectivity index (χ1n) is 11.0. The second-order valence-corrected chi connectivity index (χ2v) is 8.31. The van der Waals surface area contributed by atoms with Crippen LogP contribution in [-0.4, -0.2) is 50.7 Å². The van der Waals surface area contributed by atoms with E-state index in [0.717, 1.165) is 0 Å². The summed E-state index contributed by atoms with van der Waals surface area (Å²) in [6.07, 6.45) is -4.30. The highest BCUT2D eigenvalue weighted by molar-refractivity contribution is 7.07. The number of urea groups is 1. The van der Waals surface area contributed by atoms with Crippen molar-refractivity contribution < 1.29 is 37.0 Å². The van der Waals surface area contributed by atoms with E-state index >= 15 is 0 Å². The van der Waals surface area contributed by atoms with Crippen LogP contribution in [0.25, 0.3) is 11.3 Å². The number of hydrogen-bond acceptors (Lipinski definition) is 6. The molecule has 0 radical (unpaired) electrons. The van der Waals surface area contributed by atoms with Gasteiger partial charge < -0.3 is 29.4 Å². The van der Waals surface area contributed by atoms with Gasteiger partial charge in [0.25, 0.3) is 5.91 Å². The van der Waals surface area contributed by atoms with Crippen LogP contribution in [0.5, 0.6) is 17.2 Å². The van der Waals surface area contributed by atoms with Gasteiger partial charge in [0.15, 0.2) is 4.80 Å². The Morgan fingerprint density at radius 1 is 1.05 bits per heavy atom. The molecule has 0 aliphatic rings. The Kier molecular flexibility index (Phi) is 9.17. The van der Waals surface area contributed by atoms with Gasteiger partial charge in [-0.3, -0.25) is 4.79 Å².